The zero-order valence-electron chi connectivity index (χ0n) is 31.7. The highest BCUT2D eigenvalue weighted by atomic mass is 19.4. The summed E-state index contributed by atoms with van der Waals surface area (Å²) >= 11 is 0. The van der Waals surface area contributed by atoms with Crippen LogP contribution in [0, 0.1) is 5.92 Å². The number of aliphatic hydroxyl groups is 1. The van der Waals surface area contributed by atoms with E-state index in [2.05, 4.69) is 29.9 Å². The molecule has 300 valence electrons. The third-order valence-corrected chi connectivity index (χ3v) is 11.2. The molecule has 0 bridgehead atoms. The maximum atomic E-state index is 13.8. The number of aliphatic hydroxyl groups excluding tert-OH is 1. The van der Waals surface area contributed by atoms with Gasteiger partial charge in [0.1, 0.15) is 24.0 Å². The molecule has 0 aliphatic carbocycles. The van der Waals surface area contributed by atoms with E-state index in [1.807, 2.05) is 56.3 Å². The molecule has 56 heavy (non-hydrogen) atoms. The van der Waals surface area contributed by atoms with Crippen LogP contribution in [0.25, 0.3) is 33.4 Å². The quantitative estimate of drug-likeness (QED) is 0.126. The van der Waals surface area contributed by atoms with E-state index < -0.39 is 36.5 Å². The fourth-order valence-corrected chi connectivity index (χ4v) is 8.04. The van der Waals surface area contributed by atoms with Gasteiger partial charge in [-0.2, -0.15) is 13.2 Å². The Labute approximate surface area is 322 Å². The average molecular weight is 780 g/mol. The third-order valence-electron chi connectivity index (χ3n) is 11.2. The number of likely N-dealkylation sites (tertiary alicyclic amines) is 2. The summed E-state index contributed by atoms with van der Waals surface area (Å²) < 4.78 is 51.6. The Hall–Kier alpha value is -4.97. The van der Waals surface area contributed by atoms with Gasteiger partial charge in [-0.25, -0.2) is 9.78 Å². The van der Waals surface area contributed by atoms with Gasteiger partial charge in [-0.05, 0) is 61.9 Å². The summed E-state index contributed by atoms with van der Waals surface area (Å²) in [4.78, 5) is 44.1. The molecule has 4 aromatic rings. The largest absolute Gasteiger partial charge is 0.496 e. The fraction of sp³-hybridized carbons (Fsp3) is 0.487. The number of methoxy groups -OCH3 is 2. The number of nitrogens with two attached hydrogens (primary N) is 1. The molecule has 2 aromatic carbocycles. The van der Waals surface area contributed by atoms with Crippen LogP contribution in [0.5, 0.6) is 5.75 Å². The van der Waals surface area contributed by atoms with E-state index in [-0.39, 0.29) is 30.7 Å². The molecule has 2 amide bonds. The van der Waals surface area contributed by atoms with Gasteiger partial charge in [-0.1, -0.05) is 26.0 Å². The number of fused-ring (bicyclic) bond motifs is 1. The van der Waals surface area contributed by atoms with Crippen molar-refractivity contribution >= 4 is 28.6 Å². The molecule has 0 saturated carbocycles. The number of alkyl halides is 3. The fourth-order valence-electron chi connectivity index (χ4n) is 8.04. The monoisotopic (exact) mass is 779 g/mol. The van der Waals surface area contributed by atoms with E-state index in [0.717, 1.165) is 70.4 Å². The number of aromatic amines is 2. The van der Waals surface area contributed by atoms with E-state index in [1.54, 1.807) is 18.6 Å². The molecule has 2 fully saturated rings. The summed E-state index contributed by atoms with van der Waals surface area (Å²) in [6.45, 7) is 5.48. The van der Waals surface area contributed by atoms with Crippen LogP contribution in [0.3, 0.4) is 0 Å². The second-order valence-electron chi connectivity index (χ2n) is 15.0. The molecular weight excluding hydrogens is 731 g/mol. The van der Waals surface area contributed by atoms with Gasteiger partial charge in [0.05, 0.1) is 43.6 Å². The number of nitrogens with zero attached hydrogens (tertiary/aromatic N) is 4. The summed E-state index contributed by atoms with van der Waals surface area (Å²) in [5.41, 5.74) is 12.2. The lowest BCUT2D eigenvalue weighted by Gasteiger charge is -2.36. The maximum Gasteiger partial charge on any atom is 0.417 e. The molecule has 2 saturated heterocycles. The summed E-state index contributed by atoms with van der Waals surface area (Å²) in [6, 6.07) is 10.1. The van der Waals surface area contributed by atoms with Crippen LogP contribution in [0.15, 0.2) is 53.7 Å². The zero-order valence-corrected chi connectivity index (χ0v) is 31.7. The molecule has 17 heteroatoms. The molecule has 3 aliphatic heterocycles. The Morgan fingerprint density at radius 2 is 1.79 bits per heavy atom. The Bertz CT molecular complexity index is 2100. The lowest BCUT2D eigenvalue weighted by atomic mass is 10.0. The minimum absolute atomic E-state index is 0.0486. The molecule has 7 N–H and O–H groups in total. The van der Waals surface area contributed by atoms with Crippen molar-refractivity contribution in [2.75, 3.05) is 33.9 Å². The number of imidazole rings is 1. The van der Waals surface area contributed by atoms with Crippen LogP contribution in [0.1, 0.15) is 57.0 Å². The number of rotatable bonds is 11. The Balaban J connectivity index is 1.07. The van der Waals surface area contributed by atoms with Crippen molar-refractivity contribution in [1.29, 1.82) is 0 Å². The van der Waals surface area contributed by atoms with Crippen LogP contribution in [0.2, 0.25) is 0 Å². The average Bonchev–Trinajstić information content (AvgIpc) is 4.03. The summed E-state index contributed by atoms with van der Waals surface area (Å²) in [5, 5.41) is 17.1. The molecule has 6 atom stereocenters. The predicted molar refractivity (Wildman–Crippen MR) is 204 cm³/mol. The molecule has 3 aliphatic rings. The van der Waals surface area contributed by atoms with Crippen LogP contribution in [0.4, 0.5) is 18.0 Å². The first kappa shape index (κ1) is 39.3. The van der Waals surface area contributed by atoms with Crippen LogP contribution >= 0.6 is 0 Å². The number of hydrogen-bond donors (Lipinski definition) is 6. The Morgan fingerprint density at radius 1 is 1.02 bits per heavy atom. The number of carbonyl (C=O) groups excluding carboxylic acids is 2. The van der Waals surface area contributed by atoms with E-state index in [0.29, 0.717) is 36.7 Å². The Kier molecular flexibility index (Phi) is 11.1. The smallest absolute Gasteiger partial charge is 0.417 e. The zero-order chi connectivity index (χ0) is 39.9. The summed E-state index contributed by atoms with van der Waals surface area (Å²) in [7, 11) is 2.56. The normalized spacial score (nSPS) is 22.1. The molecule has 6 unspecified atom stereocenters. The minimum Gasteiger partial charge on any atom is -0.496 e. The summed E-state index contributed by atoms with van der Waals surface area (Å²) in [5.74, 6) is -0.0980. The molecule has 7 rings (SSSR count). The number of carbonyl (C=O) groups is 2. The molecular formula is C39H48F3N9O5. The Morgan fingerprint density at radius 3 is 2.52 bits per heavy atom. The topological polar surface area (TPSA) is 186 Å². The number of nitrogens with one attached hydrogen (secondary N) is 4. The van der Waals surface area contributed by atoms with E-state index in [1.165, 1.54) is 0 Å². The number of halogens is 3. The SMILES string of the molecule is COC(=O)NC(C(=O)N1CCCC1c1ncc(-c2ccc3[nH]c(-c4ccc(C5=NC(C6CCCN6C(O)C(N)C(C)C)NC5)cc4OC)cc3c2)[nH]1)C(F)(F)F. The highest BCUT2D eigenvalue weighted by Gasteiger charge is 2.50. The first-order valence-electron chi connectivity index (χ1n) is 18.8. The predicted octanol–water partition coefficient (Wildman–Crippen LogP) is 4.67. The van der Waals surface area contributed by atoms with Crippen molar-refractivity contribution in [2.45, 2.75) is 82.3 Å². The van der Waals surface area contributed by atoms with Gasteiger partial charge >= 0.3 is 12.3 Å². The number of benzene rings is 2. The highest BCUT2D eigenvalue weighted by molar-refractivity contribution is 6.04. The van der Waals surface area contributed by atoms with Crippen molar-refractivity contribution in [3.05, 3.63) is 60.0 Å². The van der Waals surface area contributed by atoms with E-state index >= 15 is 0 Å². The standard InChI is InChI=1S/C39H48F3N9O5/c1-20(2)32(43)36(52)50-13-5-7-29(50)34-45-19-28(48-34)22-9-11-24(31(17-22)55-3)26-16-23-15-21(10-12-25(23)46-26)27-18-44-35(47-27)30-8-6-14-51(30)37(53)33(39(40,41)42)49-38(54)56-4/h9-12,15-18,20,29-30,32-34,36,45-46,52H,5-8,13-14,19,43H2,1-4H3,(H,44,47)(H,49,54). The van der Waals surface area contributed by atoms with Crippen LogP contribution in [-0.2, 0) is 9.53 Å². The van der Waals surface area contributed by atoms with Crippen molar-refractivity contribution in [1.82, 2.24) is 35.4 Å². The van der Waals surface area contributed by atoms with Gasteiger partial charge in [0.25, 0.3) is 5.91 Å². The minimum atomic E-state index is -5.01. The maximum absolute atomic E-state index is 13.8. The number of hydrogen-bond acceptors (Lipinski definition) is 10. The molecule has 0 spiro atoms. The second-order valence-corrected chi connectivity index (χ2v) is 15.0. The molecule has 2 aromatic heterocycles. The number of aromatic nitrogens is 3. The third kappa shape index (κ3) is 7.72. The van der Waals surface area contributed by atoms with Crippen LogP contribution in [-0.4, -0.2) is 118 Å². The molecule has 5 heterocycles. The lowest BCUT2D eigenvalue weighted by molar-refractivity contribution is -0.175. The summed E-state index contributed by atoms with van der Waals surface area (Å²) in [6.07, 6.45) is -2.87. The number of aliphatic imine (C=N–C) groups is 1. The lowest BCUT2D eigenvalue weighted by Crippen LogP contribution is -2.55. The molecule has 14 nitrogen and oxygen atoms in total. The van der Waals surface area contributed by atoms with Gasteiger partial charge in [0.2, 0.25) is 6.04 Å². The number of alkyl carbamates (subject to hydrolysis) is 1. The first-order valence-corrected chi connectivity index (χ1v) is 18.8. The van der Waals surface area contributed by atoms with Crippen molar-refractivity contribution < 1.29 is 37.3 Å². The number of ether oxygens (including phenoxy) is 2. The van der Waals surface area contributed by atoms with Crippen molar-refractivity contribution in [3.8, 4) is 28.3 Å². The second kappa shape index (κ2) is 15.9. The number of amides is 2. The van der Waals surface area contributed by atoms with Crippen LogP contribution < -0.4 is 21.1 Å². The number of H-pyrrole nitrogens is 2. The van der Waals surface area contributed by atoms with E-state index in [4.69, 9.17) is 15.5 Å². The van der Waals surface area contributed by atoms with Gasteiger partial charge < -0.3 is 40.5 Å². The highest BCUT2D eigenvalue weighted by Crippen LogP contribution is 2.37. The van der Waals surface area contributed by atoms with E-state index in [9.17, 15) is 27.9 Å². The van der Waals surface area contributed by atoms with Gasteiger partial charge in [-0.3, -0.25) is 20.0 Å². The van der Waals surface area contributed by atoms with Gasteiger partial charge in [-0.15, -0.1) is 0 Å². The van der Waals surface area contributed by atoms with Gasteiger partial charge in [0, 0.05) is 59.3 Å². The van der Waals surface area contributed by atoms with Crippen molar-refractivity contribution in [2.24, 2.45) is 16.6 Å². The van der Waals surface area contributed by atoms with Crippen molar-refractivity contribution in [3.63, 3.8) is 0 Å². The molecule has 0 radical (unpaired) electrons. The first-order chi connectivity index (χ1) is 26.8. The van der Waals surface area contributed by atoms with Gasteiger partial charge in [0.15, 0.2) is 0 Å².